The zero-order valence-corrected chi connectivity index (χ0v) is 24.4. The molecule has 1 amide bonds. The molecule has 9 heteroatoms. The van der Waals surface area contributed by atoms with Gasteiger partial charge in [0.25, 0.3) is 5.91 Å². The standard InChI is InChI=1S/C31H37N3O5S/c1-21-12-13-22(2)27(16-21)31(35)33-18-29(38-4)30(19-33)39-25-9-5-8-24(17-25)20-40(36,37)34-15-7-11-28(34)26-10-6-14-32-23(26)3/h5-6,8-10,12-14,16-17,28-30H,7,11,15,18-20H2,1-4H3/t28?,29-,30-/m1/s1. The maximum atomic E-state index is 13.6. The van der Waals surface area contributed by atoms with E-state index < -0.39 is 10.0 Å². The van der Waals surface area contributed by atoms with E-state index in [-0.39, 0.29) is 29.9 Å². The van der Waals surface area contributed by atoms with E-state index in [4.69, 9.17) is 9.47 Å². The zero-order chi connectivity index (χ0) is 28.4. The van der Waals surface area contributed by atoms with E-state index in [1.807, 2.05) is 69.3 Å². The fraction of sp³-hybridized carbons (Fsp3) is 0.419. The summed E-state index contributed by atoms with van der Waals surface area (Å²) < 4.78 is 40.7. The normalized spacial score (nSPS) is 21.6. The van der Waals surface area contributed by atoms with Gasteiger partial charge in [0.15, 0.2) is 0 Å². The van der Waals surface area contributed by atoms with Crippen LogP contribution >= 0.6 is 0 Å². The topological polar surface area (TPSA) is 89.0 Å². The maximum absolute atomic E-state index is 13.6. The Labute approximate surface area is 237 Å². The van der Waals surface area contributed by atoms with Crippen LogP contribution < -0.4 is 4.74 Å². The van der Waals surface area contributed by atoms with Crippen molar-refractivity contribution in [1.29, 1.82) is 0 Å². The van der Waals surface area contributed by atoms with Gasteiger partial charge in [-0.25, -0.2) is 8.42 Å². The molecule has 0 spiro atoms. The molecule has 1 unspecified atom stereocenters. The predicted octanol–water partition coefficient (Wildman–Crippen LogP) is 4.59. The lowest BCUT2D eigenvalue weighted by molar-refractivity contribution is 0.0339. The van der Waals surface area contributed by atoms with E-state index in [0.717, 1.165) is 35.2 Å². The molecule has 0 bridgehead atoms. The van der Waals surface area contributed by atoms with Crippen molar-refractivity contribution in [2.75, 3.05) is 26.7 Å². The lowest BCUT2D eigenvalue weighted by Gasteiger charge is -2.25. The van der Waals surface area contributed by atoms with E-state index in [2.05, 4.69) is 4.98 Å². The number of methoxy groups -OCH3 is 1. The van der Waals surface area contributed by atoms with Gasteiger partial charge in [0, 0.05) is 31.1 Å². The number of hydrogen-bond acceptors (Lipinski definition) is 6. The summed E-state index contributed by atoms with van der Waals surface area (Å²) in [5, 5.41) is 0. The molecule has 8 nitrogen and oxygen atoms in total. The van der Waals surface area contributed by atoms with Crippen LogP contribution in [0.4, 0.5) is 0 Å². The van der Waals surface area contributed by atoms with Crippen LogP contribution in [0.5, 0.6) is 5.75 Å². The summed E-state index contributed by atoms with van der Waals surface area (Å²) in [6.45, 7) is 7.14. The molecule has 3 atom stereocenters. The zero-order valence-electron chi connectivity index (χ0n) is 23.5. The molecule has 0 N–H and O–H groups in total. The third kappa shape index (κ3) is 5.92. The molecule has 0 saturated carbocycles. The monoisotopic (exact) mass is 563 g/mol. The highest BCUT2D eigenvalue weighted by Gasteiger charge is 2.38. The lowest BCUT2D eigenvalue weighted by Crippen LogP contribution is -2.32. The first-order chi connectivity index (χ1) is 19.2. The summed E-state index contributed by atoms with van der Waals surface area (Å²) in [6.07, 6.45) is 2.66. The minimum atomic E-state index is -3.57. The minimum Gasteiger partial charge on any atom is -0.486 e. The Kier molecular flexibility index (Phi) is 8.26. The van der Waals surface area contributed by atoms with Crippen molar-refractivity contribution in [3.05, 3.63) is 94.3 Å². The van der Waals surface area contributed by atoms with Crippen molar-refractivity contribution in [2.45, 2.75) is 57.6 Å². The molecule has 2 aliphatic heterocycles. The Morgan fingerprint density at radius 2 is 1.82 bits per heavy atom. The SMILES string of the molecule is CO[C@@H]1CN(C(=O)c2cc(C)ccc2C)C[C@H]1Oc1cccc(CS(=O)(=O)N2CCCC2c2cccnc2C)c1. The van der Waals surface area contributed by atoms with Crippen molar-refractivity contribution < 1.29 is 22.7 Å². The number of sulfonamides is 1. The van der Waals surface area contributed by atoms with Crippen LogP contribution in [0.1, 0.15) is 57.2 Å². The van der Waals surface area contributed by atoms with Gasteiger partial charge in [-0.05, 0) is 74.6 Å². The Bertz CT molecular complexity index is 1490. The number of amides is 1. The van der Waals surface area contributed by atoms with Crippen LogP contribution in [0, 0.1) is 20.8 Å². The number of benzene rings is 2. The molecule has 3 aromatic rings. The number of ether oxygens (including phenoxy) is 2. The largest absolute Gasteiger partial charge is 0.486 e. The number of hydrogen-bond donors (Lipinski definition) is 0. The fourth-order valence-corrected chi connectivity index (χ4v) is 7.58. The van der Waals surface area contributed by atoms with Crippen molar-refractivity contribution >= 4 is 15.9 Å². The van der Waals surface area contributed by atoms with Crippen molar-refractivity contribution in [3.63, 3.8) is 0 Å². The quantitative estimate of drug-likeness (QED) is 0.398. The Hall–Kier alpha value is -3.27. The molecular weight excluding hydrogens is 526 g/mol. The number of likely N-dealkylation sites (tertiary alicyclic amines) is 1. The van der Waals surface area contributed by atoms with E-state index in [9.17, 15) is 13.2 Å². The number of aryl methyl sites for hydroxylation is 3. The Morgan fingerprint density at radius 1 is 1.02 bits per heavy atom. The fourth-order valence-electron chi connectivity index (χ4n) is 5.80. The summed E-state index contributed by atoms with van der Waals surface area (Å²) >= 11 is 0. The average Bonchev–Trinajstić information content (AvgIpc) is 3.58. The summed E-state index contributed by atoms with van der Waals surface area (Å²) in [6, 6.07) is 16.7. The van der Waals surface area contributed by atoms with Gasteiger partial charge in [0.1, 0.15) is 18.0 Å². The minimum absolute atomic E-state index is 0.0433. The van der Waals surface area contributed by atoms with E-state index >= 15 is 0 Å². The van der Waals surface area contributed by atoms with Crippen LogP contribution in [-0.2, 0) is 20.5 Å². The Morgan fingerprint density at radius 3 is 2.60 bits per heavy atom. The highest BCUT2D eigenvalue weighted by atomic mass is 32.2. The molecule has 3 heterocycles. The van der Waals surface area contributed by atoms with E-state index in [0.29, 0.717) is 36.5 Å². The molecule has 212 valence electrons. The smallest absolute Gasteiger partial charge is 0.254 e. The molecule has 2 fully saturated rings. The van der Waals surface area contributed by atoms with Gasteiger partial charge in [0.05, 0.1) is 24.9 Å². The van der Waals surface area contributed by atoms with Crippen LogP contribution in [0.3, 0.4) is 0 Å². The lowest BCUT2D eigenvalue weighted by atomic mass is 10.0. The molecule has 2 aromatic carbocycles. The van der Waals surface area contributed by atoms with Crippen molar-refractivity contribution in [2.24, 2.45) is 0 Å². The Balaban J connectivity index is 1.29. The third-order valence-corrected chi connectivity index (χ3v) is 9.78. The number of pyridine rings is 1. The second-order valence-electron chi connectivity index (χ2n) is 10.8. The molecule has 40 heavy (non-hydrogen) atoms. The molecule has 2 saturated heterocycles. The molecular formula is C31H37N3O5S. The second-order valence-corrected chi connectivity index (χ2v) is 12.7. The van der Waals surface area contributed by atoms with Gasteiger partial charge in [-0.3, -0.25) is 9.78 Å². The highest BCUT2D eigenvalue weighted by Crippen LogP contribution is 2.36. The van der Waals surface area contributed by atoms with Crippen LogP contribution in [0.2, 0.25) is 0 Å². The molecule has 0 radical (unpaired) electrons. The van der Waals surface area contributed by atoms with E-state index in [1.165, 1.54) is 0 Å². The van der Waals surface area contributed by atoms with Crippen LogP contribution in [0.25, 0.3) is 0 Å². The third-order valence-electron chi connectivity index (χ3n) is 7.93. The molecule has 0 aliphatic carbocycles. The molecule has 1 aromatic heterocycles. The summed E-state index contributed by atoms with van der Waals surface area (Å²) in [5.41, 5.74) is 5.13. The highest BCUT2D eigenvalue weighted by molar-refractivity contribution is 7.88. The van der Waals surface area contributed by atoms with Gasteiger partial charge >= 0.3 is 0 Å². The summed E-state index contributed by atoms with van der Waals surface area (Å²) in [7, 11) is -1.96. The number of rotatable bonds is 8. The first kappa shape index (κ1) is 28.3. The second kappa shape index (κ2) is 11.7. The average molecular weight is 564 g/mol. The molecule has 2 aliphatic rings. The summed E-state index contributed by atoms with van der Waals surface area (Å²) in [4.78, 5) is 19.4. The number of nitrogens with zero attached hydrogens (tertiary/aromatic N) is 3. The summed E-state index contributed by atoms with van der Waals surface area (Å²) in [5.74, 6) is 0.399. The van der Waals surface area contributed by atoms with Crippen LogP contribution in [0.15, 0.2) is 60.8 Å². The van der Waals surface area contributed by atoms with Crippen molar-refractivity contribution in [3.8, 4) is 5.75 Å². The number of aromatic nitrogens is 1. The van der Waals surface area contributed by atoms with Gasteiger partial charge < -0.3 is 14.4 Å². The molecule has 5 rings (SSSR count). The first-order valence-corrected chi connectivity index (χ1v) is 15.3. The van der Waals surface area contributed by atoms with Crippen molar-refractivity contribution in [1.82, 2.24) is 14.2 Å². The number of carbonyl (C=O) groups is 1. The van der Waals surface area contributed by atoms with Gasteiger partial charge in [0.2, 0.25) is 10.0 Å². The van der Waals surface area contributed by atoms with Gasteiger partial charge in [-0.2, -0.15) is 4.31 Å². The number of carbonyl (C=O) groups excluding carboxylic acids is 1. The predicted molar refractivity (Wildman–Crippen MR) is 154 cm³/mol. The first-order valence-electron chi connectivity index (χ1n) is 13.7. The van der Waals surface area contributed by atoms with Crippen LogP contribution in [-0.4, -0.2) is 67.5 Å². The van der Waals surface area contributed by atoms with Gasteiger partial charge in [-0.15, -0.1) is 0 Å². The van der Waals surface area contributed by atoms with Gasteiger partial charge in [-0.1, -0.05) is 35.9 Å². The van der Waals surface area contributed by atoms with E-state index in [1.54, 1.807) is 28.6 Å². The maximum Gasteiger partial charge on any atom is 0.254 e.